The third-order valence-electron chi connectivity index (χ3n) is 3.74. The van der Waals surface area contributed by atoms with Crippen molar-refractivity contribution in [3.05, 3.63) is 35.4 Å². The molecule has 0 aromatic heterocycles. The molecule has 0 spiro atoms. The maximum absolute atomic E-state index is 11.9. The van der Waals surface area contributed by atoms with Crippen molar-refractivity contribution < 1.29 is 9.53 Å². The van der Waals surface area contributed by atoms with Gasteiger partial charge in [-0.1, -0.05) is 52.2 Å². The zero-order valence-corrected chi connectivity index (χ0v) is 13.3. The fourth-order valence-corrected chi connectivity index (χ4v) is 1.94. The Kier molecular flexibility index (Phi) is 7.35. The van der Waals surface area contributed by atoms with E-state index in [0.717, 1.165) is 6.42 Å². The Morgan fingerprint density at radius 3 is 2.25 bits per heavy atom. The highest BCUT2D eigenvalue weighted by atomic mass is 16.5. The summed E-state index contributed by atoms with van der Waals surface area (Å²) in [5.41, 5.74) is 1.95. The van der Waals surface area contributed by atoms with Gasteiger partial charge >= 0.3 is 5.97 Å². The Morgan fingerprint density at radius 1 is 1.05 bits per heavy atom. The zero-order valence-electron chi connectivity index (χ0n) is 13.3. The van der Waals surface area contributed by atoms with Crippen LogP contribution >= 0.6 is 0 Å². The van der Waals surface area contributed by atoms with Crippen molar-refractivity contribution in [2.24, 2.45) is 5.92 Å². The van der Waals surface area contributed by atoms with Crippen LogP contribution in [0.4, 0.5) is 0 Å². The molecule has 1 aromatic carbocycles. The molecular weight excluding hydrogens is 248 g/mol. The highest BCUT2D eigenvalue weighted by Crippen LogP contribution is 2.13. The van der Waals surface area contributed by atoms with Crippen molar-refractivity contribution in [3.63, 3.8) is 0 Å². The molecule has 1 atom stereocenters. The summed E-state index contributed by atoms with van der Waals surface area (Å²) < 4.78 is 5.41. The zero-order chi connectivity index (χ0) is 15.0. The Balaban J connectivity index is 2.47. The third kappa shape index (κ3) is 5.77. The molecule has 2 heteroatoms. The van der Waals surface area contributed by atoms with Crippen molar-refractivity contribution in [3.8, 4) is 0 Å². The molecule has 0 aliphatic heterocycles. The van der Waals surface area contributed by atoms with E-state index in [4.69, 9.17) is 4.74 Å². The van der Waals surface area contributed by atoms with Gasteiger partial charge in [0.15, 0.2) is 0 Å². The molecule has 0 aliphatic carbocycles. The van der Waals surface area contributed by atoms with E-state index in [1.807, 2.05) is 31.2 Å². The van der Waals surface area contributed by atoms with E-state index in [-0.39, 0.29) is 12.1 Å². The minimum atomic E-state index is -0.219. The van der Waals surface area contributed by atoms with E-state index < -0.39 is 0 Å². The second-order valence-electron chi connectivity index (χ2n) is 5.86. The first kappa shape index (κ1) is 16.7. The SMILES string of the molecule is CCCCCCc1ccc(C(=O)OC(C)C(C)C)cc1. The molecular formula is C18H28O2. The van der Waals surface area contributed by atoms with Crippen LogP contribution in [0, 0.1) is 5.92 Å². The topological polar surface area (TPSA) is 26.3 Å². The lowest BCUT2D eigenvalue weighted by molar-refractivity contribution is 0.0238. The molecule has 112 valence electrons. The van der Waals surface area contributed by atoms with Crippen molar-refractivity contribution in [2.75, 3.05) is 0 Å². The normalized spacial score (nSPS) is 12.4. The predicted octanol–water partition coefficient (Wildman–Crippen LogP) is 5.01. The largest absolute Gasteiger partial charge is 0.459 e. The van der Waals surface area contributed by atoms with E-state index >= 15 is 0 Å². The number of ether oxygens (including phenoxy) is 1. The molecule has 0 bridgehead atoms. The number of carbonyl (C=O) groups excluding carboxylic acids is 1. The molecule has 0 saturated heterocycles. The van der Waals surface area contributed by atoms with Crippen LogP contribution in [0.15, 0.2) is 24.3 Å². The maximum atomic E-state index is 11.9. The molecule has 1 rings (SSSR count). The second-order valence-corrected chi connectivity index (χ2v) is 5.86. The Morgan fingerprint density at radius 2 is 1.70 bits per heavy atom. The van der Waals surface area contributed by atoms with Crippen LogP contribution in [0.5, 0.6) is 0 Å². The van der Waals surface area contributed by atoms with Gasteiger partial charge in [-0.05, 0) is 43.4 Å². The number of unbranched alkanes of at least 4 members (excludes halogenated alkanes) is 3. The molecule has 20 heavy (non-hydrogen) atoms. The number of hydrogen-bond acceptors (Lipinski definition) is 2. The first-order valence-electron chi connectivity index (χ1n) is 7.84. The number of carbonyl (C=O) groups is 1. The molecule has 0 heterocycles. The van der Waals surface area contributed by atoms with E-state index in [1.54, 1.807) is 0 Å². The smallest absolute Gasteiger partial charge is 0.338 e. The van der Waals surface area contributed by atoms with Crippen molar-refractivity contribution in [1.29, 1.82) is 0 Å². The summed E-state index contributed by atoms with van der Waals surface area (Å²) in [5, 5.41) is 0. The standard InChI is InChI=1S/C18H28O2/c1-5-6-7-8-9-16-10-12-17(13-11-16)18(19)20-15(4)14(2)3/h10-15H,5-9H2,1-4H3. The summed E-state index contributed by atoms with van der Waals surface area (Å²) in [4.78, 5) is 11.9. The van der Waals surface area contributed by atoms with Crippen LogP contribution in [0.3, 0.4) is 0 Å². The molecule has 0 N–H and O–H groups in total. The fourth-order valence-electron chi connectivity index (χ4n) is 1.94. The Hall–Kier alpha value is -1.31. The average Bonchev–Trinajstić information content (AvgIpc) is 2.44. The lowest BCUT2D eigenvalue weighted by atomic mass is 10.0. The Labute approximate surface area is 123 Å². The number of rotatable bonds is 8. The third-order valence-corrected chi connectivity index (χ3v) is 3.74. The molecule has 1 unspecified atom stereocenters. The molecule has 0 amide bonds. The van der Waals surface area contributed by atoms with Gasteiger partial charge in [-0.3, -0.25) is 0 Å². The van der Waals surface area contributed by atoms with Gasteiger partial charge in [0.25, 0.3) is 0 Å². The average molecular weight is 276 g/mol. The van der Waals surface area contributed by atoms with Crippen molar-refractivity contribution >= 4 is 5.97 Å². The van der Waals surface area contributed by atoms with Crippen molar-refractivity contribution in [1.82, 2.24) is 0 Å². The van der Waals surface area contributed by atoms with Crippen molar-refractivity contribution in [2.45, 2.75) is 65.9 Å². The molecule has 0 saturated carbocycles. The summed E-state index contributed by atoms with van der Waals surface area (Å²) in [6.45, 7) is 8.26. The predicted molar refractivity (Wildman–Crippen MR) is 84.0 cm³/mol. The number of benzene rings is 1. The minimum Gasteiger partial charge on any atom is -0.459 e. The summed E-state index contributed by atoms with van der Waals surface area (Å²) >= 11 is 0. The summed E-state index contributed by atoms with van der Waals surface area (Å²) in [6.07, 6.45) is 6.12. The number of hydrogen-bond donors (Lipinski definition) is 0. The van der Waals surface area contributed by atoms with Gasteiger partial charge in [0, 0.05) is 0 Å². The van der Waals surface area contributed by atoms with Crippen LogP contribution in [-0.4, -0.2) is 12.1 Å². The summed E-state index contributed by atoms with van der Waals surface area (Å²) in [6, 6.07) is 7.85. The number of esters is 1. The highest BCUT2D eigenvalue weighted by Gasteiger charge is 2.14. The first-order chi connectivity index (χ1) is 9.54. The first-order valence-corrected chi connectivity index (χ1v) is 7.84. The minimum absolute atomic E-state index is 0.0452. The molecule has 1 aromatic rings. The van der Waals surface area contributed by atoms with Gasteiger partial charge in [-0.15, -0.1) is 0 Å². The van der Waals surface area contributed by atoms with E-state index in [0.29, 0.717) is 11.5 Å². The lowest BCUT2D eigenvalue weighted by Crippen LogP contribution is -2.20. The second kappa shape index (κ2) is 8.78. The van der Waals surface area contributed by atoms with E-state index in [9.17, 15) is 4.79 Å². The van der Waals surface area contributed by atoms with Crippen LogP contribution in [0.25, 0.3) is 0 Å². The maximum Gasteiger partial charge on any atom is 0.338 e. The van der Waals surface area contributed by atoms with Gasteiger partial charge in [-0.2, -0.15) is 0 Å². The molecule has 0 fully saturated rings. The van der Waals surface area contributed by atoms with Crippen LogP contribution in [-0.2, 0) is 11.2 Å². The quantitative estimate of drug-likeness (QED) is 0.493. The lowest BCUT2D eigenvalue weighted by Gasteiger charge is -2.16. The van der Waals surface area contributed by atoms with E-state index in [1.165, 1.54) is 31.2 Å². The van der Waals surface area contributed by atoms with Crippen LogP contribution in [0.1, 0.15) is 69.3 Å². The Bertz CT molecular complexity index is 392. The van der Waals surface area contributed by atoms with Gasteiger partial charge in [0.05, 0.1) is 5.56 Å². The summed E-state index contributed by atoms with van der Waals surface area (Å²) in [5.74, 6) is 0.125. The summed E-state index contributed by atoms with van der Waals surface area (Å²) in [7, 11) is 0. The van der Waals surface area contributed by atoms with Gasteiger partial charge in [0.1, 0.15) is 6.10 Å². The molecule has 2 nitrogen and oxygen atoms in total. The molecule has 0 aliphatic rings. The van der Waals surface area contributed by atoms with E-state index in [2.05, 4.69) is 20.8 Å². The van der Waals surface area contributed by atoms with Crippen LogP contribution < -0.4 is 0 Å². The fraction of sp³-hybridized carbons (Fsp3) is 0.611. The molecule has 0 radical (unpaired) electrons. The highest BCUT2D eigenvalue weighted by molar-refractivity contribution is 5.89. The number of aryl methyl sites for hydroxylation is 1. The van der Waals surface area contributed by atoms with Gasteiger partial charge in [-0.25, -0.2) is 4.79 Å². The van der Waals surface area contributed by atoms with Crippen LogP contribution in [0.2, 0.25) is 0 Å². The monoisotopic (exact) mass is 276 g/mol. The van der Waals surface area contributed by atoms with Gasteiger partial charge in [0.2, 0.25) is 0 Å². The van der Waals surface area contributed by atoms with Gasteiger partial charge < -0.3 is 4.74 Å².